The molecular weight excluding hydrogens is 550 g/mol. The van der Waals surface area contributed by atoms with E-state index in [0.29, 0.717) is 0 Å². The van der Waals surface area contributed by atoms with Crippen molar-refractivity contribution in [3.05, 3.63) is 81.5 Å². The highest BCUT2D eigenvalue weighted by Gasteiger charge is 2.44. The molecule has 0 atom stereocenters. The minimum atomic E-state index is -0.0998. The Morgan fingerprint density at radius 3 is 2.16 bits per heavy atom. The first kappa shape index (κ1) is 25.3. The van der Waals surface area contributed by atoms with Crippen molar-refractivity contribution in [2.75, 3.05) is 18.0 Å². The third-order valence-corrected chi connectivity index (χ3v) is 7.32. The first-order chi connectivity index (χ1) is 14.6. The smallest absolute Gasteiger partial charge is 0.209 e. The quantitative estimate of drug-likeness (QED) is 0.377. The molecule has 5 heteroatoms. The predicted octanol–water partition coefficient (Wildman–Crippen LogP) is 4.65. The van der Waals surface area contributed by atoms with Crippen LogP contribution in [0.5, 0.6) is 0 Å². The molecule has 2 aliphatic rings. The number of nitrogens with zero attached hydrogens (tertiary/aromatic N) is 2. The van der Waals surface area contributed by atoms with Crippen molar-refractivity contribution in [3.63, 3.8) is 0 Å². The molecule has 2 heterocycles. The number of hydrogen-bond acceptors (Lipinski definition) is 1. The van der Waals surface area contributed by atoms with Crippen molar-refractivity contribution in [3.8, 4) is 0 Å². The van der Waals surface area contributed by atoms with Gasteiger partial charge < -0.3 is 28.9 Å². The van der Waals surface area contributed by atoms with Crippen LogP contribution in [0.15, 0.2) is 60.3 Å². The van der Waals surface area contributed by atoms with Gasteiger partial charge in [0.25, 0.3) is 0 Å². The lowest BCUT2D eigenvalue weighted by molar-refractivity contribution is -0.433. The summed E-state index contributed by atoms with van der Waals surface area (Å²) >= 11 is 12.7. The van der Waals surface area contributed by atoms with Crippen LogP contribution in [0.25, 0.3) is 0 Å². The van der Waals surface area contributed by atoms with E-state index in [2.05, 4.69) is 93.5 Å². The molecule has 4 rings (SSSR count). The van der Waals surface area contributed by atoms with Crippen molar-refractivity contribution in [2.24, 2.45) is 0 Å². The molecule has 0 aliphatic carbocycles. The maximum atomic E-state index is 6.33. The molecule has 0 unspecified atom stereocenters. The molecule has 0 bridgehead atoms. The van der Waals surface area contributed by atoms with Crippen LogP contribution in [-0.4, -0.2) is 23.4 Å². The zero-order valence-corrected chi connectivity index (χ0v) is 23.3. The second kappa shape index (κ2) is 9.15. The normalized spacial score (nSPS) is 19.5. The van der Waals surface area contributed by atoms with Gasteiger partial charge >= 0.3 is 0 Å². The summed E-state index contributed by atoms with van der Waals surface area (Å²) in [5.74, 6) is 0. The van der Waals surface area contributed by atoms with Gasteiger partial charge in [0.1, 0.15) is 6.54 Å². The van der Waals surface area contributed by atoms with Gasteiger partial charge in [0.05, 0.1) is 5.41 Å². The fourth-order valence-electron chi connectivity index (χ4n) is 5.21. The lowest BCUT2D eigenvalue weighted by atomic mass is 9.81. The minimum absolute atomic E-state index is 0. The molecule has 0 saturated heterocycles. The Hall–Kier alpha value is -1.30. The Morgan fingerprint density at radius 1 is 0.906 bits per heavy atom. The summed E-state index contributed by atoms with van der Waals surface area (Å²) < 4.78 is 2.40. The Labute approximate surface area is 219 Å². The molecule has 0 spiro atoms. The van der Waals surface area contributed by atoms with Gasteiger partial charge in [0, 0.05) is 51.1 Å². The molecule has 0 radical (unpaired) electrons. The molecule has 0 N–H and O–H groups in total. The van der Waals surface area contributed by atoms with Crippen LogP contribution < -0.4 is 28.9 Å². The van der Waals surface area contributed by atoms with Crippen molar-refractivity contribution in [2.45, 2.75) is 52.4 Å². The fourth-order valence-corrected chi connectivity index (χ4v) is 5.55. The van der Waals surface area contributed by atoms with E-state index in [1.54, 1.807) is 0 Å². The molecule has 0 saturated carbocycles. The van der Waals surface area contributed by atoms with Gasteiger partial charge in [-0.15, -0.1) is 0 Å². The topological polar surface area (TPSA) is 6.25 Å². The van der Waals surface area contributed by atoms with Gasteiger partial charge in [0.15, 0.2) is 5.71 Å². The third kappa shape index (κ3) is 3.95. The average Bonchev–Trinajstić information content (AvgIpc) is 3.06. The van der Waals surface area contributed by atoms with E-state index in [0.717, 1.165) is 23.1 Å². The Kier molecular flexibility index (Phi) is 7.24. The number of fused-ring (bicyclic) bond motifs is 2. The van der Waals surface area contributed by atoms with Crippen LogP contribution in [0, 0.1) is 0 Å². The van der Waals surface area contributed by atoms with Crippen LogP contribution in [-0.2, 0) is 10.8 Å². The summed E-state index contributed by atoms with van der Waals surface area (Å²) in [5.41, 5.74) is 7.46. The zero-order valence-electron chi connectivity index (χ0n) is 19.6. The molecular formula is C27H31Cl2IN2. The van der Waals surface area contributed by atoms with Gasteiger partial charge in [-0.1, -0.05) is 43.1 Å². The van der Waals surface area contributed by atoms with E-state index >= 15 is 0 Å². The SMILES string of the molecule is CCN1C(=CC=CC2=[N+](CC)c3ccc(Cl)cc3C2(C)C)C(C)(C)c2cc(Cl)ccc21.[I-]. The van der Waals surface area contributed by atoms with Crippen LogP contribution >= 0.6 is 23.2 Å². The van der Waals surface area contributed by atoms with Gasteiger partial charge in [-0.05, 0) is 69.7 Å². The number of benzene rings is 2. The molecule has 0 aromatic heterocycles. The summed E-state index contributed by atoms with van der Waals surface area (Å²) in [6, 6.07) is 12.5. The predicted molar refractivity (Wildman–Crippen MR) is 135 cm³/mol. The van der Waals surface area contributed by atoms with Crippen molar-refractivity contribution >= 4 is 40.3 Å². The van der Waals surface area contributed by atoms with E-state index in [1.807, 2.05) is 12.1 Å². The Bertz CT molecular complexity index is 1140. The summed E-state index contributed by atoms with van der Waals surface area (Å²) in [4.78, 5) is 2.40. The van der Waals surface area contributed by atoms with E-state index in [-0.39, 0.29) is 34.8 Å². The second-order valence-electron chi connectivity index (χ2n) is 9.36. The van der Waals surface area contributed by atoms with Gasteiger partial charge in [0.2, 0.25) is 5.69 Å². The largest absolute Gasteiger partial charge is 1.00 e. The van der Waals surface area contributed by atoms with Crippen LogP contribution in [0.4, 0.5) is 11.4 Å². The van der Waals surface area contributed by atoms with Crippen molar-refractivity contribution in [1.82, 2.24) is 0 Å². The highest BCUT2D eigenvalue weighted by molar-refractivity contribution is 6.31. The molecule has 2 nitrogen and oxygen atoms in total. The second-order valence-corrected chi connectivity index (χ2v) is 10.2. The van der Waals surface area contributed by atoms with Gasteiger partial charge in [-0.2, -0.15) is 4.58 Å². The highest BCUT2D eigenvalue weighted by atomic mass is 127. The van der Waals surface area contributed by atoms with Gasteiger partial charge in [-0.3, -0.25) is 0 Å². The number of rotatable bonds is 4. The molecule has 2 aromatic rings. The minimum Gasteiger partial charge on any atom is -1.00 e. The summed E-state index contributed by atoms with van der Waals surface area (Å²) in [7, 11) is 0. The third-order valence-electron chi connectivity index (χ3n) is 6.85. The molecule has 0 fully saturated rings. The summed E-state index contributed by atoms with van der Waals surface area (Å²) in [6.45, 7) is 15.4. The maximum Gasteiger partial charge on any atom is 0.209 e. The van der Waals surface area contributed by atoms with Gasteiger partial charge in [-0.25, -0.2) is 0 Å². The number of likely N-dealkylation sites (N-methyl/N-ethyl adjacent to an activating group) is 1. The van der Waals surface area contributed by atoms with E-state index < -0.39 is 0 Å². The summed E-state index contributed by atoms with van der Waals surface area (Å²) in [6.07, 6.45) is 6.75. The molecule has 2 aliphatic heterocycles. The van der Waals surface area contributed by atoms with Crippen molar-refractivity contribution in [1.29, 1.82) is 0 Å². The highest BCUT2D eigenvalue weighted by Crippen LogP contribution is 2.48. The number of allylic oxidation sites excluding steroid dienone is 4. The van der Waals surface area contributed by atoms with Crippen LogP contribution in [0.3, 0.4) is 0 Å². The van der Waals surface area contributed by atoms with Crippen molar-refractivity contribution < 1.29 is 28.6 Å². The maximum absolute atomic E-state index is 6.33. The molecule has 32 heavy (non-hydrogen) atoms. The number of anilines is 1. The molecule has 0 amide bonds. The van der Waals surface area contributed by atoms with E-state index in [4.69, 9.17) is 23.2 Å². The monoisotopic (exact) mass is 580 g/mol. The van der Waals surface area contributed by atoms with Crippen LogP contribution in [0.1, 0.15) is 52.7 Å². The lowest BCUT2D eigenvalue weighted by Gasteiger charge is -2.25. The summed E-state index contributed by atoms with van der Waals surface area (Å²) in [5, 5.41) is 1.58. The van der Waals surface area contributed by atoms with Crippen LogP contribution in [0.2, 0.25) is 10.0 Å². The average molecular weight is 581 g/mol. The zero-order chi connectivity index (χ0) is 22.6. The van der Waals surface area contributed by atoms with E-state index in [9.17, 15) is 0 Å². The lowest BCUT2D eigenvalue weighted by Crippen LogP contribution is -3.00. The number of hydrogen-bond donors (Lipinski definition) is 0. The standard InChI is InChI=1S/C27H31Cl2N2.HI/c1-7-30-22-14-12-18(28)16-20(22)26(3,4)24(30)10-9-11-25-27(5,6)21-17-19(29)13-15-23(21)31(25)8-2;/h9-17H,7-8H2,1-6H3;1H/q+1;/p-1. The van der Waals surface area contributed by atoms with E-state index in [1.165, 1.54) is 33.9 Å². The fraction of sp³-hybridized carbons (Fsp3) is 0.370. The Morgan fingerprint density at radius 2 is 1.53 bits per heavy atom. The molecule has 170 valence electrons. The Balaban J connectivity index is 0.00000289. The first-order valence-electron chi connectivity index (χ1n) is 11.0. The molecule has 2 aromatic carbocycles. The first-order valence-corrected chi connectivity index (χ1v) is 11.8. The number of halogens is 3.